The number of fused-ring (bicyclic) bond motifs is 2. The summed E-state index contributed by atoms with van der Waals surface area (Å²) in [7, 11) is 0. The third-order valence-electron chi connectivity index (χ3n) is 5.96. The van der Waals surface area contributed by atoms with E-state index in [-0.39, 0.29) is 36.5 Å². The molecule has 9 nitrogen and oxygen atoms in total. The summed E-state index contributed by atoms with van der Waals surface area (Å²) in [5, 5.41) is 12.2. The Hall–Kier alpha value is -2.94. The van der Waals surface area contributed by atoms with E-state index in [1.54, 1.807) is 23.1 Å². The number of rotatable bonds is 9. The van der Waals surface area contributed by atoms with Crippen LogP contribution in [0, 0.1) is 5.92 Å². The van der Waals surface area contributed by atoms with Crippen molar-refractivity contribution in [3.05, 3.63) is 28.6 Å². The Kier molecular flexibility index (Phi) is 6.50. The SMILES string of the molecule is O=C1Cn2c(nc3ccc(OCCCC(=O)N(CCO)CC4CCCC4)cc3c2=O)N1. The number of carbonyl (C=O) groups excluding carboxylic acids is 2. The van der Waals surface area contributed by atoms with Crippen molar-refractivity contribution in [1.29, 1.82) is 0 Å². The van der Waals surface area contributed by atoms with Crippen molar-refractivity contribution >= 4 is 28.7 Å². The zero-order chi connectivity index (χ0) is 21.8. The molecule has 1 aromatic heterocycles. The number of carbonyl (C=O) groups is 2. The van der Waals surface area contributed by atoms with Gasteiger partial charge in [-0.05, 0) is 43.4 Å². The first-order valence-electron chi connectivity index (χ1n) is 10.9. The Morgan fingerprint density at radius 1 is 1.29 bits per heavy atom. The molecular formula is C22H28N4O5. The monoisotopic (exact) mass is 428 g/mol. The van der Waals surface area contributed by atoms with E-state index in [1.165, 1.54) is 17.4 Å². The molecule has 2 heterocycles. The normalized spacial score (nSPS) is 15.8. The van der Waals surface area contributed by atoms with Crippen molar-refractivity contribution in [3.63, 3.8) is 0 Å². The number of anilines is 1. The van der Waals surface area contributed by atoms with Gasteiger partial charge in [-0.15, -0.1) is 0 Å². The highest BCUT2D eigenvalue weighted by atomic mass is 16.5. The van der Waals surface area contributed by atoms with Gasteiger partial charge >= 0.3 is 0 Å². The Balaban J connectivity index is 1.32. The summed E-state index contributed by atoms with van der Waals surface area (Å²) in [6.45, 7) is 1.38. The summed E-state index contributed by atoms with van der Waals surface area (Å²) in [5.74, 6) is 1.11. The highest BCUT2D eigenvalue weighted by molar-refractivity contribution is 5.94. The number of nitrogens with zero attached hydrogens (tertiary/aromatic N) is 3. The smallest absolute Gasteiger partial charge is 0.263 e. The molecule has 166 valence electrons. The average Bonchev–Trinajstić information content (AvgIpc) is 3.40. The summed E-state index contributed by atoms with van der Waals surface area (Å²) < 4.78 is 7.07. The standard InChI is InChI=1S/C22H28N4O5/c27-10-9-25(13-15-4-1-2-5-15)20(29)6-3-11-31-16-7-8-18-17(12-16)21(30)26-14-19(28)24-22(26)23-18/h7-8,12,15,27H,1-6,9-11,13-14H2,(H,23,24,28). The van der Waals surface area contributed by atoms with E-state index in [9.17, 15) is 19.5 Å². The number of nitrogens with one attached hydrogen (secondary N) is 1. The van der Waals surface area contributed by atoms with Crippen molar-refractivity contribution in [2.45, 2.75) is 45.1 Å². The molecule has 2 N–H and O–H groups in total. The van der Waals surface area contributed by atoms with Crippen LogP contribution < -0.4 is 15.6 Å². The maximum absolute atomic E-state index is 12.6. The molecule has 0 saturated heterocycles. The molecule has 1 saturated carbocycles. The number of aromatic nitrogens is 2. The van der Waals surface area contributed by atoms with Crippen molar-refractivity contribution in [2.75, 3.05) is 31.6 Å². The average molecular weight is 428 g/mol. The fourth-order valence-electron chi connectivity index (χ4n) is 4.35. The van der Waals surface area contributed by atoms with E-state index in [4.69, 9.17) is 4.74 Å². The Morgan fingerprint density at radius 3 is 2.87 bits per heavy atom. The van der Waals surface area contributed by atoms with Crippen LogP contribution >= 0.6 is 0 Å². The topological polar surface area (TPSA) is 114 Å². The predicted molar refractivity (Wildman–Crippen MR) is 115 cm³/mol. The molecule has 2 aliphatic rings. The number of hydrogen-bond donors (Lipinski definition) is 2. The fraction of sp³-hybridized carbons (Fsp3) is 0.545. The second-order valence-corrected chi connectivity index (χ2v) is 8.22. The molecule has 0 radical (unpaired) electrons. The highest BCUT2D eigenvalue weighted by Crippen LogP contribution is 2.26. The molecular weight excluding hydrogens is 400 g/mol. The van der Waals surface area contributed by atoms with Gasteiger partial charge < -0.3 is 14.7 Å². The molecule has 0 bridgehead atoms. The van der Waals surface area contributed by atoms with Gasteiger partial charge in [0, 0.05) is 19.5 Å². The van der Waals surface area contributed by atoms with Gasteiger partial charge in [0.05, 0.1) is 24.1 Å². The van der Waals surface area contributed by atoms with Crippen molar-refractivity contribution in [1.82, 2.24) is 14.5 Å². The lowest BCUT2D eigenvalue weighted by atomic mass is 10.1. The first kappa shape index (κ1) is 21.3. The molecule has 1 aliphatic carbocycles. The zero-order valence-corrected chi connectivity index (χ0v) is 17.5. The minimum atomic E-state index is -0.287. The lowest BCUT2D eigenvalue weighted by Gasteiger charge is -2.25. The molecule has 2 aromatic rings. The van der Waals surface area contributed by atoms with Gasteiger partial charge in [0.1, 0.15) is 12.3 Å². The number of benzene rings is 1. The van der Waals surface area contributed by atoms with E-state index in [0.717, 1.165) is 19.4 Å². The molecule has 0 spiro atoms. The van der Waals surface area contributed by atoms with Gasteiger partial charge in [-0.1, -0.05) is 12.8 Å². The summed E-state index contributed by atoms with van der Waals surface area (Å²) in [5.41, 5.74) is 0.207. The molecule has 1 aliphatic heterocycles. The Labute approximate surface area is 180 Å². The van der Waals surface area contributed by atoms with Crippen LogP contribution in [-0.2, 0) is 16.1 Å². The molecule has 4 rings (SSSR count). The number of aliphatic hydroxyl groups excluding tert-OH is 1. The maximum Gasteiger partial charge on any atom is 0.263 e. The van der Waals surface area contributed by atoms with E-state index >= 15 is 0 Å². The third-order valence-corrected chi connectivity index (χ3v) is 5.96. The van der Waals surface area contributed by atoms with E-state index < -0.39 is 0 Å². The minimum absolute atomic E-state index is 0.0273. The van der Waals surface area contributed by atoms with Gasteiger partial charge in [-0.2, -0.15) is 0 Å². The molecule has 1 fully saturated rings. The highest BCUT2D eigenvalue weighted by Gasteiger charge is 2.22. The number of hydrogen-bond acceptors (Lipinski definition) is 6. The van der Waals surface area contributed by atoms with Crippen molar-refractivity contribution < 1.29 is 19.4 Å². The van der Waals surface area contributed by atoms with Crippen LogP contribution in [0.5, 0.6) is 5.75 Å². The molecule has 2 amide bonds. The summed E-state index contributed by atoms with van der Waals surface area (Å²) >= 11 is 0. The molecule has 9 heteroatoms. The largest absolute Gasteiger partial charge is 0.494 e. The molecule has 31 heavy (non-hydrogen) atoms. The van der Waals surface area contributed by atoms with Gasteiger partial charge in [-0.25, -0.2) is 4.98 Å². The van der Waals surface area contributed by atoms with Crippen LogP contribution in [0.1, 0.15) is 38.5 Å². The quantitative estimate of drug-likeness (QED) is 0.586. The Bertz CT molecular complexity index is 1030. The van der Waals surface area contributed by atoms with Crippen LogP contribution in [0.4, 0.5) is 5.95 Å². The summed E-state index contributed by atoms with van der Waals surface area (Å²) in [6, 6.07) is 5.04. The number of ether oxygens (including phenoxy) is 1. The molecule has 0 atom stereocenters. The van der Waals surface area contributed by atoms with Crippen LogP contribution in [-0.4, -0.2) is 57.7 Å². The van der Waals surface area contributed by atoms with Crippen LogP contribution in [0.15, 0.2) is 23.0 Å². The predicted octanol–water partition coefficient (Wildman–Crippen LogP) is 1.52. The zero-order valence-electron chi connectivity index (χ0n) is 17.5. The van der Waals surface area contributed by atoms with Gasteiger partial charge in [-0.3, -0.25) is 24.3 Å². The number of amides is 2. The first-order valence-corrected chi connectivity index (χ1v) is 10.9. The lowest BCUT2D eigenvalue weighted by Crippen LogP contribution is -2.37. The second kappa shape index (κ2) is 9.47. The van der Waals surface area contributed by atoms with E-state index in [2.05, 4.69) is 10.3 Å². The van der Waals surface area contributed by atoms with Crippen LogP contribution in [0.2, 0.25) is 0 Å². The summed E-state index contributed by atoms with van der Waals surface area (Å²) in [6.07, 6.45) is 5.65. The van der Waals surface area contributed by atoms with Gasteiger partial charge in [0.2, 0.25) is 17.8 Å². The van der Waals surface area contributed by atoms with Crippen molar-refractivity contribution in [3.8, 4) is 5.75 Å². The minimum Gasteiger partial charge on any atom is -0.494 e. The maximum atomic E-state index is 12.6. The fourth-order valence-corrected chi connectivity index (χ4v) is 4.35. The second-order valence-electron chi connectivity index (χ2n) is 8.22. The van der Waals surface area contributed by atoms with Gasteiger partial charge in [0.15, 0.2) is 0 Å². The molecule has 0 unspecified atom stereocenters. The van der Waals surface area contributed by atoms with Crippen LogP contribution in [0.25, 0.3) is 10.9 Å². The van der Waals surface area contributed by atoms with Gasteiger partial charge in [0.25, 0.3) is 5.56 Å². The van der Waals surface area contributed by atoms with Crippen LogP contribution in [0.3, 0.4) is 0 Å². The van der Waals surface area contributed by atoms with E-state index in [0.29, 0.717) is 48.6 Å². The van der Waals surface area contributed by atoms with Crippen molar-refractivity contribution in [2.24, 2.45) is 5.92 Å². The number of aliphatic hydroxyl groups is 1. The first-order chi connectivity index (χ1) is 15.0. The summed E-state index contributed by atoms with van der Waals surface area (Å²) in [4.78, 5) is 42.8. The van der Waals surface area contributed by atoms with E-state index in [1.807, 2.05) is 0 Å². The molecule has 1 aromatic carbocycles. The third kappa shape index (κ3) is 4.87. The lowest BCUT2D eigenvalue weighted by molar-refractivity contribution is -0.132. The Morgan fingerprint density at radius 2 is 2.10 bits per heavy atom.